The van der Waals surface area contributed by atoms with E-state index in [1.165, 1.54) is 12.8 Å². The zero-order valence-corrected chi connectivity index (χ0v) is 7.38. The van der Waals surface area contributed by atoms with Gasteiger partial charge < -0.3 is 9.90 Å². The van der Waals surface area contributed by atoms with Crippen LogP contribution in [0.15, 0.2) is 0 Å². The fourth-order valence-electron chi connectivity index (χ4n) is 2.28. The van der Waals surface area contributed by atoms with Crippen LogP contribution in [0.2, 0.25) is 0 Å². The number of hydrogen-bond acceptors (Lipinski definition) is 2. The largest absolute Gasteiger partial charge is 0.389 e. The van der Waals surface area contributed by atoms with Crippen LogP contribution in [0.1, 0.15) is 44.9 Å². The first-order valence-electron chi connectivity index (χ1n) is 4.84. The summed E-state index contributed by atoms with van der Waals surface area (Å²) >= 11 is 0. The van der Waals surface area contributed by atoms with E-state index in [1.807, 2.05) is 0 Å². The number of carbonyl (C=O) groups is 1. The Bertz CT molecular complexity index is 184. The van der Waals surface area contributed by atoms with Gasteiger partial charge in [0.2, 0.25) is 0 Å². The SMILES string of the molecule is O=CCC1(O)CCC2(CC1)CC2. The maximum Gasteiger partial charge on any atom is 0.122 e. The molecule has 2 rings (SSSR count). The third-order valence-electron chi connectivity index (χ3n) is 3.66. The van der Waals surface area contributed by atoms with E-state index >= 15 is 0 Å². The summed E-state index contributed by atoms with van der Waals surface area (Å²) < 4.78 is 0. The summed E-state index contributed by atoms with van der Waals surface area (Å²) in [6.07, 6.45) is 7.84. The van der Waals surface area contributed by atoms with E-state index in [4.69, 9.17) is 0 Å². The van der Waals surface area contributed by atoms with Gasteiger partial charge in [0.1, 0.15) is 6.29 Å². The molecule has 2 nitrogen and oxygen atoms in total. The minimum Gasteiger partial charge on any atom is -0.389 e. The Morgan fingerprint density at radius 2 is 1.58 bits per heavy atom. The van der Waals surface area contributed by atoms with Crippen molar-refractivity contribution in [3.63, 3.8) is 0 Å². The second-order valence-electron chi connectivity index (χ2n) is 4.60. The molecule has 0 amide bonds. The average Bonchev–Trinajstić information content (AvgIpc) is 2.79. The topological polar surface area (TPSA) is 37.3 Å². The molecule has 0 unspecified atom stereocenters. The lowest BCUT2D eigenvalue weighted by atomic mass is 9.75. The van der Waals surface area contributed by atoms with Gasteiger partial charge in [-0.15, -0.1) is 0 Å². The van der Waals surface area contributed by atoms with Crippen LogP contribution in [-0.4, -0.2) is 17.0 Å². The highest BCUT2D eigenvalue weighted by Crippen LogP contribution is 2.58. The number of aldehydes is 1. The predicted molar refractivity (Wildman–Crippen MR) is 45.8 cm³/mol. The van der Waals surface area contributed by atoms with E-state index in [0.717, 1.165) is 32.0 Å². The lowest BCUT2D eigenvalue weighted by Gasteiger charge is -2.35. The summed E-state index contributed by atoms with van der Waals surface area (Å²) in [5.41, 5.74) is -0.0370. The van der Waals surface area contributed by atoms with E-state index in [2.05, 4.69) is 0 Å². The van der Waals surface area contributed by atoms with Crippen molar-refractivity contribution in [3.05, 3.63) is 0 Å². The molecule has 0 aromatic rings. The van der Waals surface area contributed by atoms with Crippen molar-refractivity contribution < 1.29 is 9.90 Å². The molecular formula is C10H16O2. The molecule has 0 heterocycles. The zero-order chi connectivity index (χ0) is 8.66. The number of hydrogen-bond donors (Lipinski definition) is 1. The Balaban J connectivity index is 1.91. The summed E-state index contributed by atoms with van der Waals surface area (Å²) in [7, 11) is 0. The molecule has 0 aromatic carbocycles. The van der Waals surface area contributed by atoms with Gasteiger partial charge in [-0.2, -0.15) is 0 Å². The summed E-state index contributed by atoms with van der Waals surface area (Å²) in [4.78, 5) is 10.3. The lowest BCUT2D eigenvalue weighted by molar-refractivity contribution is -0.114. The smallest absolute Gasteiger partial charge is 0.122 e. The molecule has 0 bridgehead atoms. The second kappa shape index (κ2) is 2.56. The van der Waals surface area contributed by atoms with Crippen molar-refractivity contribution in [1.29, 1.82) is 0 Å². The van der Waals surface area contributed by atoms with E-state index in [0.29, 0.717) is 11.8 Å². The van der Waals surface area contributed by atoms with Gasteiger partial charge in [0.25, 0.3) is 0 Å². The molecule has 1 N–H and O–H groups in total. The average molecular weight is 168 g/mol. The van der Waals surface area contributed by atoms with Crippen molar-refractivity contribution in [3.8, 4) is 0 Å². The van der Waals surface area contributed by atoms with Gasteiger partial charge in [-0.05, 0) is 43.9 Å². The summed E-state index contributed by atoms with van der Waals surface area (Å²) in [5, 5.41) is 9.90. The molecular weight excluding hydrogens is 152 g/mol. The van der Waals surface area contributed by atoms with Gasteiger partial charge in [0.15, 0.2) is 0 Å². The Labute approximate surface area is 73.0 Å². The minimum absolute atomic E-state index is 0.336. The van der Waals surface area contributed by atoms with Crippen LogP contribution in [0.5, 0.6) is 0 Å². The van der Waals surface area contributed by atoms with Gasteiger partial charge in [-0.1, -0.05) is 0 Å². The van der Waals surface area contributed by atoms with Crippen LogP contribution < -0.4 is 0 Å². The minimum atomic E-state index is -0.643. The maximum absolute atomic E-state index is 10.3. The number of aliphatic hydroxyl groups is 1. The van der Waals surface area contributed by atoms with Gasteiger partial charge in [-0.25, -0.2) is 0 Å². The molecule has 12 heavy (non-hydrogen) atoms. The van der Waals surface area contributed by atoms with Crippen molar-refractivity contribution in [2.24, 2.45) is 5.41 Å². The molecule has 0 atom stereocenters. The highest BCUT2D eigenvalue weighted by Gasteiger charge is 2.48. The van der Waals surface area contributed by atoms with Gasteiger partial charge in [-0.3, -0.25) is 0 Å². The Morgan fingerprint density at radius 3 is 2.00 bits per heavy atom. The molecule has 0 radical (unpaired) electrons. The summed E-state index contributed by atoms with van der Waals surface area (Å²) in [6, 6.07) is 0. The Hall–Kier alpha value is -0.370. The molecule has 0 aromatic heterocycles. The quantitative estimate of drug-likeness (QED) is 0.637. The maximum atomic E-state index is 10.3. The first kappa shape index (κ1) is 8.24. The Kier molecular flexibility index (Phi) is 1.76. The van der Waals surface area contributed by atoms with Crippen molar-refractivity contribution in [2.45, 2.75) is 50.5 Å². The highest BCUT2D eigenvalue weighted by molar-refractivity contribution is 5.51. The van der Waals surface area contributed by atoms with Gasteiger partial charge >= 0.3 is 0 Å². The van der Waals surface area contributed by atoms with Crippen LogP contribution >= 0.6 is 0 Å². The first-order chi connectivity index (χ1) is 5.68. The van der Waals surface area contributed by atoms with Crippen LogP contribution in [0.4, 0.5) is 0 Å². The third-order valence-corrected chi connectivity index (χ3v) is 3.66. The molecule has 2 aliphatic rings. The van der Waals surface area contributed by atoms with Crippen molar-refractivity contribution in [2.75, 3.05) is 0 Å². The molecule has 0 aliphatic heterocycles. The van der Waals surface area contributed by atoms with Gasteiger partial charge in [0, 0.05) is 6.42 Å². The Morgan fingerprint density at radius 1 is 1.08 bits per heavy atom. The van der Waals surface area contributed by atoms with Crippen molar-refractivity contribution in [1.82, 2.24) is 0 Å². The highest BCUT2D eigenvalue weighted by atomic mass is 16.3. The first-order valence-corrected chi connectivity index (χ1v) is 4.84. The van der Waals surface area contributed by atoms with E-state index in [1.54, 1.807) is 0 Å². The lowest BCUT2D eigenvalue weighted by Crippen LogP contribution is -2.34. The van der Waals surface area contributed by atoms with Gasteiger partial charge in [0.05, 0.1) is 5.60 Å². The molecule has 1 spiro atoms. The molecule has 2 aliphatic carbocycles. The summed E-state index contributed by atoms with van der Waals surface area (Å²) in [5.74, 6) is 0. The molecule has 68 valence electrons. The van der Waals surface area contributed by atoms with E-state index in [9.17, 15) is 9.90 Å². The van der Waals surface area contributed by atoms with Crippen LogP contribution in [-0.2, 0) is 4.79 Å². The monoisotopic (exact) mass is 168 g/mol. The summed E-state index contributed by atoms with van der Waals surface area (Å²) in [6.45, 7) is 0. The fraction of sp³-hybridized carbons (Fsp3) is 0.900. The second-order valence-corrected chi connectivity index (χ2v) is 4.60. The normalized spacial score (nSPS) is 30.1. The third kappa shape index (κ3) is 1.40. The fourth-order valence-corrected chi connectivity index (χ4v) is 2.28. The predicted octanol–water partition coefficient (Wildman–Crippen LogP) is 1.66. The van der Waals surface area contributed by atoms with Crippen LogP contribution in [0.25, 0.3) is 0 Å². The molecule has 2 saturated carbocycles. The number of carbonyl (C=O) groups excluding carboxylic acids is 1. The van der Waals surface area contributed by atoms with E-state index < -0.39 is 5.60 Å². The zero-order valence-electron chi connectivity index (χ0n) is 7.38. The molecule has 2 fully saturated rings. The molecule has 0 saturated heterocycles. The van der Waals surface area contributed by atoms with Crippen LogP contribution in [0, 0.1) is 5.41 Å². The van der Waals surface area contributed by atoms with E-state index in [-0.39, 0.29) is 0 Å². The standard InChI is InChI=1S/C10H16O2/c11-8-7-10(12)5-3-9(1-2-9)4-6-10/h8,12H,1-7H2. The van der Waals surface area contributed by atoms with Crippen LogP contribution in [0.3, 0.4) is 0 Å². The number of rotatable bonds is 2. The molecule has 2 heteroatoms. The van der Waals surface area contributed by atoms with Crippen molar-refractivity contribution >= 4 is 6.29 Å².